The lowest BCUT2D eigenvalue weighted by atomic mass is 9.94. The van der Waals surface area contributed by atoms with Gasteiger partial charge in [0, 0.05) is 32.1 Å². The first-order valence-corrected chi connectivity index (χ1v) is 10.5. The number of rotatable bonds is 3. The first-order chi connectivity index (χ1) is 14.5. The molecule has 0 aliphatic carbocycles. The molecule has 1 aromatic carbocycles. The molecule has 0 bridgehead atoms. The topological polar surface area (TPSA) is 67.7 Å². The number of carbonyl (C=O) groups is 2. The molecule has 2 aromatic rings. The summed E-state index contributed by atoms with van der Waals surface area (Å²) in [5.74, 6) is -0.456. The third kappa shape index (κ3) is 4.06. The van der Waals surface area contributed by atoms with Crippen LogP contribution in [0, 0.1) is 18.7 Å². The van der Waals surface area contributed by atoms with Crippen LogP contribution in [0.4, 0.5) is 4.39 Å². The number of hydrogen-bond acceptors (Lipinski definition) is 4. The predicted octanol–water partition coefficient (Wildman–Crippen LogP) is 2.68. The molecule has 2 fully saturated rings. The number of carbonyl (C=O) groups excluding carboxylic acids is 2. The minimum atomic E-state index is -0.357. The Labute approximate surface area is 179 Å². The van der Waals surface area contributed by atoms with Crippen molar-refractivity contribution in [2.75, 3.05) is 39.4 Å². The van der Waals surface area contributed by atoms with Gasteiger partial charge >= 0.3 is 0 Å². The molecule has 3 heterocycles. The van der Waals surface area contributed by atoms with Crippen molar-refractivity contribution in [2.24, 2.45) is 5.92 Å². The lowest BCUT2D eigenvalue weighted by Gasteiger charge is -2.35. The van der Waals surface area contributed by atoms with Crippen LogP contribution < -0.4 is 0 Å². The van der Waals surface area contributed by atoms with Crippen LogP contribution in [0.15, 0.2) is 24.3 Å². The summed E-state index contributed by atoms with van der Waals surface area (Å²) in [4.78, 5) is 29.4. The van der Waals surface area contributed by atoms with E-state index in [0.29, 0.717) is 69.2 Å². The van der Waals surface area contributed by atoms with Gasteiger partial charge < -0.3 is 14.5 Å². The second kappa shape index (κ2) is 8.73. The van der Waals surface area contributed by atoms with Crippen molar-refractivity contribution in [3.05, 3.63) is 46.5 Å². The third-order valence-electron chi connectivity index (χ3n) is 5.74. The summed E-state index contributed by atoms with van der Waals surface area (Å²) in [6.45, 7) is 5.16. The maximum atomic E-state index is 13.2. The Morgan fingerprint density at radius 3 is 2.33 bits per heavy atom. The highest BCUT2D eigenvalue weighted by Crippen LogP contribution is 2.28. The average Bonchev–Trinajstić information content (AvgIpc) is 3.08. The quantitative estimate of drug-likeness (QED) is 0.745. The smallest absolute Gasteiger partial charge is 0.258 e. The van der Waals surface area contributed by atoms with Gasteiger partial charge in [0.2, 0.25) is 5.91 Å². The monoisotopic (exact) mass is 434 g/mol. The Balaban J connectivity index is 1.44. The minimum Gasteiger partial charge on any atom is -0.378 e. The number of hydrogen-bond donors (Lipinski definition) is 0. The van der Waals surface area contributed by atoms with Gasteiger partial charge in [0.15, 0.2) is 0 Å². The normalized spacial score (nSPS) is 18.0. The SMILES string of the molecule is Cc1nn(-c2ccc(F)cc2)c(Cl)c1C(=O)N1CCC(C(=O)N2CCOCC2)CC1. The lowest BCUT2D eigenvalue weighted by molar-refractivity contribution is -0.141. The van der Waals surface area contributed by atoms with Crippen molar-refractivity contribution in [3.63, 3.8) is 0 Å². The van der Waals surface area contributed by atoms with E-state index < -0.39 is 0 Å². The van der Waals surface area contributed by atoms with Gasteiger partial charge in [-0.15, -0.1) is 0 Å². The van der Waals surface area contributed by atoms with Crippen LogP contribution in [-0.2, 0) is 9.53 Å². The molecule has 1 aromatic heterocycles. The second-order valence-corrected chi connectivity index (χ2v) is 8.00. The van der Waals surface area contributed by atoms with Gasteiger partial charge in [0.05, 0.1) is 30.2 Å². The van der Waals surface area contributed by atoms with Crippen LogP contribution in [0.5, 0.6) is 0 Å². The summed E-state index contributed by atoms with van der Waals surface area (Å²) in [5.41, 5.74) is 1.44. The Morgan fingerprint density at radius 1 is 1.07 bits per heavy atom. The van der Waals surface area contributed by atoms with E-state index in [1.807, 2.05) is 4.90 Å². The number of piperidine rings is 1. The molecule has 0 spiro atoms. The maximum Gasteiger partial charge on any atom is 0.258 e. The van der Waals surface area contributed by atoms with Gasteiger partial charge in [0.1, 0.15) is 11.0 Å². The van der Waals surface area contributed by atoms with Crippen LogP contribution in [0.3, 0.4) is 0 Å². The number of nitrogens with zero attached hydrogens (tertiary/aromatic N) is 4. The van der Waals surface area contributed by atoms with Crippen molar-refractivity contribution in [3.8, 4) is 5.69 Å². The summed E-state index contributed by atoms with van der Waals surface area (Å²) in [5, 5.41) is 4.58. The maximum absolute atomic E-state index is 13.2. The minimum absolute atomic E-state index is 0.0642. The standard InChI is InChI=1S/C21H24ClFN4O3/c1-14-18(19(22)27(24-14)17-4-2-16(23)3-5-17)21(29)25-8-6-15(7-9-25)20(28)26-10-12-30-13-11-26/h2-5,15H,6-13H2,1H3. The molecule has 0 N–H and O–H groups in total. The number of amides is 2. The average molecular weight is 435 g/mol. The molecular formula is C21H24ClFN4O3. The number of likely N-dealkylation sites (tertiary alicyclic amines) is 1. The molecule has 2 aliphatic heterocycles. The van der Waals surface area contributed by atoms with Gasteiger partial charge in [-0.25, -0.2) is 9.07 Å². The van der Waals surface area contributed by atoms with E-state index in [4.69, 9.17) is 16.3 Å². The predicted molar refractivity (Wildman–Crippen MR) is 109 cm³/mol. The molecule has 2 saturated heterocycles. The fourth-order valence-electron chi connectivity index (χ4n) is 4.03. The summed E-state index contributed by atoms with van der Waals surface area (Å²) < 4.78 is 20.0. The summed E-state index contributed by atoms with van der Waals surface area (Å²) in [6, 6.07) is 5.76. The van der Waals surface area contributed by atoms with Crippen LogP contribution in [0.1, 0.15) is 28.9 Å². The highest BCUT2D eigenvalue weighted by molar-refractivity contribution is 6.33. The molecule has 0 radical (unpaired) electrons. The van der Waals surface area contributed by atoms with E-state index in [9.17, 15) is 14.0 Å². The van der Waals surface area contributed by atoms with Crippen LogP contribution >= 0.6 is 11.6 Å². The molecule has 0 atom stereocenters. The molecule has 2 amide bonds. The Bertz CT molecular complexity index is 932. The molecule has 4 rings (SSSR count). The van der Waals surface area contributed by atoms with Crippen molar-refractivity contribution in [2.45, 2.75) is 19.8 Å². The molecule has 0 saturated carbocycles. The highest BCUT2D eigenvalue weighted by Gasteiger charge is 2.33. The van der Waals surface area contributed by atoms with Crippen molar-refractivity contribution in [1.82, 2.24) is 19.6 Å². The van der Waals surface area contributed by atoms with E-state index in [1.165, 1.54) is 16.8 Å². The van der Waals surface area contributed by atoms with E-state index in [2.05, 4.69) is 5.10 Å². The Morgan fingerprint density at radius 2 is 1.70 bits per heavy atom. The largest absolute Gasteiger partial charge is 0.378 e. The van der Waals surface area contributed by atoms with Crippen LogP contribution in [0.25, 0.3) is 5.69 Å². The number of ether oxygens (including phenoxy) is 1. The van der Waals surface area contributed by atoms with Gasteiger partial charge in [-0.05, 0) is 44.0 Å². The van der Waals surface area contributed by atoms with Crippen molar-refractivity contribution >= 4 is 23.4 Å². The molecule has 0 unspecified atom stereocenters. The van der Waals surface area contributed by atoms with E-state index >= 15 is 0 Å². The van der Waals surface area contributed by atoms with E-state index in [1.54, 1.807) is 24.0 Å². The molecule has 9 heteroatoms. The molecule has 160 valence electrons. The van der Waals surface area contributed by atoms with Crippen molar-refractivity contribution < 1.29 is 18.7 Å². The number of aromatic nitrogens is 2. The Kier molecular flexibility index (Phi) is 6.06. The zero-order valence-corrected chi connectivity index (χ0v) is 17.6. The summed E-state index contributed by atoms with van der Waals surface area (Å²) in [7, 11) is 0. The van der Waals surface area contributed by atoms with Gasteiger partial charge in [-0.3, -0.25) is 9.59 Å². The van der Waals surface area contributed by atoms with Gasteiger partial charge in [-0.2, -0.15) is 5.10 Å². The first kappa shape index (κ1) is 20.8. The molecule has 7 nitrogen and oxygen atoms in total. The van der Waals surface area contributed by atoms with Crippen molar-refractivity contribution in [1.29, 1.82) is 0 Å². The number of morpholine rings is 1. The zero-order valence-electron chi connectivity index (χ0n) is 16.8. The highest BCUT2D eigenvalue weighted by atomic mass is 35.5. The second-order valence-electron chi connectivity index (χ2n) is 7.64. The number of halogens is 2. The Hall–Kier alpha value is -2.45. The third-order valence-corrected chi connectivity index (χ3v) is 6.09. The van der Waals surface area contributed by atoms with E-state index in [0.717, 1.165) is 0 Å². The number of benzene rings is 1. The van der Waals surface area contributed by atoms with Gasteiger partial charge in [-0.1, -0.05) is 11.6 Å². The summed E-state index contributed by atoms with van der Waals surface area (Å²) >= 11 is 6.49. The van der Waals surface area contributed by atoms with E-state index in [-0.39, 0.29) is 28.7 Å². The number of aryl methyl sites for hydroxylation is 1. The molecular weight excluding hydrogens is 411 g/mol. The molecule has 30 heavy (non-hydrogen) atoms. The lowest BCUT2D eigenvalue weighted by Crippen LogP contribution is -2.47. The first-order valence-electron chi connectivity index (χ1n) is 10.1. The van der Waals surface area contributed by atoms with Crippen LogP contribution in [-0.4, -0.2) is 70.8 Å². The fraction of sp³-hybridized carbons (Fsp3) is 0.476. The molecule has 2 aliphatic rings. The van der Waals surface area contributed by atoms with Crippen LogP contribution in [0.2, 0.25) is 5.15 Å². The van der Waals surface area contributed by atoms with Gasteiger partial charge in [0.25, 0.3) is 5.91 Å². The summed E-state index contributed by atoms with van der Waals surface area (Å²) in [6.07, 6.45) is 1.26. The zero-order chi connectivity index (χ0) is 21.3. The fourth-order valence-corrected chi connectivity index (χ4v) is 4.38.